The zero-order valence-electron chi connectivity index (χ0n) is 40.8. The minimum atomic E-state index is -4.82. The van der Waals surface area contributed by atoms with Crippen molar-refractivity contribution in [3.05, 3.63) is 72.3 Å². The third-order valence-corrected chi connectivity index (χ3v) is 19.6. The molecule has 2 aromatic rings. The van der Waals surface area contributed by atoms with Gasteiger partial charge in [-0.3, -0.25) is 9.59 Å². The number of nitrogens with zero attached hydrogens (tertiary/aromatic N) is 2. The molecule has 0 bridgehead atoms. The van der Waals surface area contributed by atoms with Crippen molar-refractivity contribution in [3.63, 3.8) is 0 Å². The van der Waals surface area contributed by atoms with Crippen LogP contribution in [0.5, 0.6) is 11.5 Å². The van der Waals surface area contributed by atoms with Crippen molar-refractivity contribution in [2.75, 3.05) is 32.9 Å². The highest BCUT2D eigenvalue weighted by Gasteiger charge is 2.60. The molecule has 0 unspecified atom stereocenters. The number of ether oxygens (including phenoxy) is 3. The minimum Gasteiger partial charge on any atom is -0.481 e. The molecule has 0 aliphatic heterocycles. The summed E-state index contributed by atoms with van der Waals surface area (Å²) in [7, 11) is -7.88. The molecule has 2 rings (SSSR count). The fraction of sp³-hybridized carbons (Fsp3) is 0.500. The van der Waals surface area contributed by atoms with Crippen molar-refractivity contribution in [2.45, 2.75) is 126 Å². The van der Waals surface area contributed by atoms with Crippen LogP contribution in [0.1, 0.15) is 90.0 Å². The Hall–Kier alpha value is -4.80. The van der Waals surface area contributed by atoms with Gasteiger partial charge in [-0.2, -0.15) is 8.61 Å². The van der Waals surface area contributed by atoms with Gasteiger partial charge < -0.3 is 34.3 Å². The minimum absolute atomic E-state index is 0.0239. The molecule has 0 amide bonds. The molecule has 20 heteroatoms. The monoisotopic (exact) mass is 1020 g/mol. The van der Waals surface area contributed by atoms with Crippen molar-refractivity contribution < 1.29 is 65.5 Å². The van der Waals surface area contributed by atoms with E-state index in [-0.39, 0.29) is 40.9 Å². The van der Waals surface area contributed by atoms with Crippen molar-refractivity contribution >= 4 is 65.8 Å². The largest absolute Gasteiger partial charge is 0.481 e. The molecule has 0 aromatic heterocycles. The van der Waals surface area contributed by atoms with E-state index < -0.39 is 82.6 Å². The first kappa shape index (κ1) is 59.3. The highest BCUT2D eigenvalue weighted by Crippen LogP contribution is 2.55. The summed E-state index contributed by atoms with van der Waals surface area (Å²) in [6, 6.07) is 10.5. The summed E-state index contributed by atoms with van der Waals surface area (Å²) in [6.07, 6.45) is 4.58. The van der Waals surface area contributed by atoms with Gasteiger partial charge in [0.25, 0.3) is 0 Å². The number of carbonyl (C=O) groups excluding carboxylic acids is 1. The Morgan fingerprint density at radius 3 is 1.34 bits per heavy atom. The molecule has 16 nitrogen and oxygen atoms in total. The molecule has 0 fully saturated rings. The van der Waals surface area contributed by atoms with E-state index in [1.54, 1.807) is 34.6 Å². The van der Waals surface area contributed by atoms with Crippen LogP contribution in [0, 0.1) is 29.1 Å². The SMILES string of the molecule is CC#CCOc1ccc(S(=O)(=O)N(C/C=C/COC(C)(C)C=O)[C@@](C)(C(=O)O)C(C)(C)SSC(C)(C)[C@](C)(C(=O)O)N(C/C=C(/C(=O)O)C(C)(C)C)S(=O)(=O)c2ccc(OCC#CC)cc2)cc1. The van der Waals surface area contributed by atoms with Crippen LogP contribution in [-0.2, 0) is 44.0 Å². The van der Waals surface area contributed by atoms with E-state index in [4.69, 9.17) is 14.2 Å². The van der Waals surface area contributed by atoms with E-state index in [0.717, 1.165) is 32.0 Å². The fourth-order valence-corrected chi connectivity index (χ4v) is 13.3. The van der Waals surface area contributed by atoms with Gasteiger partial charge in [0.2, 0.25) is 20.0 Å². The lowest BCUT2D eigenvalue weighted by Crippen LogP contribution is -2.66. The summed E-state index contributed by atoms with van der Waals surface area (Å²) >= 11 is 0. The van der Waals surface area contributed by atoms with E-state index in [0.29, 0.717) is 16.3 Å². The Kier molecular flexibility index (Phi) is 20.7. The number of rotatable bonds is 26. The second-order valence-corrected chi connectivity index (χ2v) is 25.2. The predicted octanol–water partition coefficient (Wildman–Crippen LogP) is 7.41. The van der Waals surface area contributed by atoms with Gasteiger partial charge in [0, 0.05) is 18.7 Å². The molecule has 0 saturated heterocycles. The third-order valence-electron chi connectivity index (χ3n) is 11.2. The Bertz CT molecular complexity index is 2540. The second-order valence-electron chi connectivity index (χ2n) is 18.1. The Morgan fingerprint density at radius 2 is 1.01 bits per heavy atom. The van der Waals surface area contributed by atoms with E-state index in [1.807, 2.05) is 0 Å². The third kappa shape index (κ3) is 14.1. The highest BCUT2D eigenvalue weighted by atomic mass is 33.1. The van der Waals surface area contributed by atoms with Gasteiger partial charge in [0.05, 0.1) is 25.9 Å². The van der Waals surface area contributed by atoms with Crippen LogP contribution >= 0.6 is 21.6 Å². The fourth-order valence-electron chi connectivity index (χ4n) is 6.22. The zero-order chi connectivity index (χ0) is 52.2. The van der Waals surface area contributed by atoms with Gasteiger partial charge in [-0.05, 0) is 123 Å². The van der Waals surface area contributed by atoms with Crippen LogP contribution in [0.15, 0.2) is 82.1 Å². The van der Waals surface area contributed by atoms with Crippen molar-refractivity contribution in [2.24, 2.45) is 5.41 Å². The molecule has 0 saturated carbocycles. The van der Waals surface area contributed by atoms with Gasteiger partial charge in [-0.1, -0.05) is 72.4 Å². The van der Waals surface area contributed by atoms with Crippen LogP contribution in [-0.4, -0.2) is 124 Å². The maximum Gasteiger partial charge on any atom is 0.331 e. The first-order valence-electron chi connectivity index (χ1n) is 21.1. The maximum atomic E-state index is 14.8. The van der Waals surface area contributed by atoms with Crippen molar-refractivity contribution in [3.8, 4) is 35.2 Å². The number of aliphatic carboxylic acids is 3. The molecule has 0 aliphatic carbocycles. The zero-order valence-corrected chi connectivity index (χ0v) is 44.1. The van der Waals surface area contributed by atoms with Crippen LogP contribution in [0.2, 0.25) is 0 Å². The van der Waals surface area contributed by atoms with Crippen LogP contribution in [0.3, 0.4) is 0 Å². The van der Waals surface area contributed by atoms with E-state index in [2.05, 4.69) is 23.7 Å². The summed E-state index contributed by atoms with van der Waals surface area (Å²) in [5, 5.41) is 32.5. The number of hydrogen-bond acceptors (Lipinski definition) is 13. The number of aldehydes is 1. The first-order chi connectivity index (χ1) is 31.2. The molecule has 0 spiro atoms. The molecule has 2 atom stereocenters. The van der Waals surface area contributed by atoms with E-state index in [9.17, 15) is 51.3 Å². The van der Waals surface area contributed by atoms with Crippen molar-refractivity contribution in [1.82, 2.24) is 8.61 Å². The lowest BCUT2D eigenvalue weighted by Gasteiger charge is -2.50. The number of sulfonamides is 2. The van der Waals surface area contributed by atoms with Crippen molar-refractivity contribution in [1.29, 1.82) is 0 Å². The number of carboxylic acid groups (broad SMARTS) is 3. The second kappa shape index (κ2) is 23.7. The Morgan fingerprint density at radius 1 is 0.632 bits per heavy atom. The Balaban J connectivity index is 2.86. The predicted molar refractivity (Wildman–Crippen MR) is 264 cm³/mol. The van der Waals surface area contributed by atoms with Gasteiger partial charge in [-0.25, -0.2) is 21.6 Å². The number of carbonyl (C=O) groups is 4. The summed E-state index contributed by atoms with van der Waals surface area (Å²) in [5.41, 5.74) is -7.13. The molecule has 0 aliphatic rings. The average molecular weight is 1020 g/mol. The summed E-state index contributed by atoms with van der Waals surface area (Å²) in [5.74, 6) is 6.89. The standard InChI is InChI=1S/C48H64N2O14S4/c1-14-16-31-62-35-20-24-37(25-21-35)67(58,59)49(29-18-19-33-64-44(6,7)34-51)47(12,41(54)55)45(8,9)65-66-46(10,11)48(13,42(56)57)50(30-28-39(40(52)53)43(3,4)5)68(60,61)38-26-22-36(23-27-38)63-32-17-15-2/h18-28,34H,29-33H2,1-13H3,(H,52,53)(H,54,55)(H,56,57)/b19-18+,39-28-/t47-,48-/m0/s1. The molecule has 374 valence electrons. The smallest absolute Gasteiger partial charge is 0.331 e. The van der Waals surface area contributed by atoms with Crippen LogP contribution in [0.4, 0.5) is 0 Å². The summed E-state index contributed by atoms with van der Waals surface area (Å²) < 4.78 is 73.9. The molecular weight excluding hydrogens is 957 g/mol. The quantitative estimate of drug-likeness (QED) is 0.0274. The first-order valence-corrected chi connectivity index (χ1v) is 26.1. The van der Waals surface area contributed by atoms with E-state index >= 15 is 0 Å². The van der Waals surface area contributed by atoms with Gasteiger partial charge in [0.1, 0.15) is 41.4 Å². The molecule has 68 heavy (non-hydrogen) atoms. The lowest BCUT2D eigenvalue weighted by atomic mass is 9.85. The summed E-state index contributed by atoms with van der Waals surface area (Å²) in [6.45, 7) is 18.1. The van der Waals surface area contributed by atoms with Gasteiger partial charge in [-0.15, -0.1) is 11.8 Å². The van der Waals surface area contributed by atoms with Gasteiger partial charge in [0.15, 0.2) is 6.29 Å². The van der Waals surface area contributed by atoms with Crippen LogP contribution < -0.4 is 9.47 Å². The highest BCUT2D eigenvalue weighted by molar-refractivity contribution is 8.77. The normalized spacial score (nSPS) is 14.8. The molecule has 2 aromatic carbocycles. The number of hydrogen-bond donors (Lipinski definition) is 3. The van der Waals surface area contributed by atoms with Crippen LogP contribution in [0.25, 0.3) is 0 Å². The van der Waals surface area contributed by atoms with Gasteiger partial charge >= 0.3 is 17.9 Å². The lowest BCUT2D eigenvalue weighted by molar-refractivity contribution is -0.149. The molecule has 3 N–H and O–H groups in total. The average Bonchev–Trinajstić information content (AvgIpc) is 3.24. The molecule has 0 radical (unpaired) electrons. The topological polar surface area (TPSA) is 231 Å². The number of carboxylic acids is 3. The Labute approximate surface area is 409 Å². The number of benzene rings is 2. The maximum absolute atomic E-state index is 14.8. The summed E-state index contributed by atoms with van der Waals surface area (Å²) in [4.78, 5) is 50.9. The molecular formula is C48H64N2O14S4. The molecule has 0 heterocycles. The van der Waals surface area contributed by atoms with E-state index in [1.165, 1.54) is 116 Å².